The van der Waals surface area contributed by atoms with Gasteiger partial charge in [-0.25, -0.2) is 9.59 Å². The third-order valence-electron chi connectivity index (χ3n) is 3.39. The monoisotopic (exact) mass is 360 g/mol. The molecule has 1 aromatic rings. The molecule has 5 nitrogen and oxygen atoms in total. The Morgan fingerprint density at radius 3 is 2.60 bits per heavy atom. The van der Waals surface area contributed by atoms with Crippen molar-refractivity contribution in [1.29, 1.82) is 0 Å². The summed E-state index contributed by atoms with van der Waals surface area (Å²) >= 11 is 9.10. The Bertz CT molecular complexity index is 563. The molecule has 0 bridgehead atoms. The maximum absolute atomic E-state index is 12.0. The predicted molar refractivity (Wildman–Crippen MR) is 80.1 cm³/mol. The number of hydrogen-bond acceptors (Lipinski definition) is 2. The first-order valence-electron chi connectivity index (χ1n) is 6.10. The minimum atomic E-state index is -1.23. The van der Waals surface area contributed by atoms with Gasteiger partial charge in [0.25, 0.3) is 0 Å². The molecule has 1 saturated carbocycles. The number of halogens is 2. The summed E-state index contributed by atoms with van der Waals surface area (Å²) in [5.74, 6) is -1.04. The fraction of sp³-hybridized carbons (Fsp3) is 0.385. The quantitative estimate of drug-likeness (QED) is 0.768. The Kier molecular flexibility index (Phi) is 4.25. The van der Waals surface area contributed by atoms with Crippen LogP contribution in [0.25, 0.3) is 0 Å². The maximum Gasteiger partial charge on any atom is 0.329 e. The highest BCUT2D eigenvalue weighted by atomic mass is 79.9. The van der Waals surface area contributed by atoms with Crippen molar-refractivity contribution in [3.8, 4) is 0 Å². The molecule has 1 aliphatic carbocycles. The summed E-state index contributed by atoms with van der Waals surface area (Å²) in [4.78, 5) is 23.3. The van der Waals surface area contributed by atoms with Crippen LogP contribution < -0.4 is 10.6 Å². The number of carbonyl (C=O) groups excluding carboxylic acids is 1. The number of anilines is 1. The molecule has 0 aliphatic heterocycles. The molecule has 1 atom stereocenters. The molecule has 20 heavy (non-hydrogen) atoms. The topological polar surface area (TPSA) is 78.4 Å². The van der Waals surface area contributed by atoms with Crippen molar-refractivity contribution in [2.45, 2.75) is 25.3 Å². The van der Waals surface area contributed by atoms with Crippen molar-refractivity contribution >= 4 is 45.2 Å². The van der Waals surface area contributed by atoms with Crippen molar-refractivity contribution in [2.75, 3.05) is 5.32 Å². The van der Waals surface area contributed by atoms with Crippen LogP contribution in [0.15, 0.2) is 22.7 Å². The first kappa shape index (κ1) is 15.1. The number of rotatable bonds is 4. The molecule has 1 aromatic carbocycles. The van der Waals surface area contributed by atoms with Gasteiger partial charge in [-0.2, -0.15) is 0 Å². The van der Waals surface area contributed by atoms with Gasteiger partial charge in [0.05, 0.1) is 5.69 Å². The number of hydrogen-bond donors (Lipinski definition) is 3. The molecular weight excluding hydrogens is 348 g/mol. The summed E-state index contributed by atoms with van der Waals surface area (Å²) in [6, 6.07) is 4.37. The number of urea groups is 1. The van der Waals surface area contributed by atoms with Crippen molar-refractivity contribution in [2.24, 2.45) is 5.92 Å². The van der Waals surface area contributed by atoms with Gasteiger partial charge in [0.2, 0.25) is 0 Å². The normalized spacial score (nSPS) is 17.1. The van der Waals surface area contributed by atoms with Gasteiger partial charge in [0.1, 0.15) is 5.54 Å². The largest absolute Gasteiger partial charge is 0.480 e. The number of carboxylic acid groups (broad SMARTS) is 1. The second-order valence-electron chi connectivity index (χ2n) is 4.99. The van der Waals surface area contributed by atoms with E-state index in [1.165, 1.54) is 6.92 Å². The summed E-state index contributed by atoms with van der Waals surface area (Å²) in [5, 5.41) is 15.0. The predicted octanol–water partition coefficient (Wildman–Crippen LogP) is 3.48. The lowest BCUT2D eigenvalue weighted by Crippen LogP contribution is -2.55. The van der Waals surface area contributed by atoms with Crippen LogP contribution in [0.2, 0.25) is 5.02 Å². The van der Waals surface area contributed by atoms with Crippen LogP contribution in [0.4, 0.5) is 10.5 Å². The first-order valence-corrected chi connectivity index (χ1v) is 7.27. The highest BCUT2D eigenvalue weighted by molar-refractivity contribution is 9.10. The number of aliphatic carboxylic acids is 1. The molecule has 3 N–H and O–H groups in total. The van der Waals surface area contributed by atoms with E-state index in [0.29, 0.717) is 15.2 Å². The summed E-state index contributed by atoms with van der Waals surface area (Å²) in [5.41, 5.74) is -0.710. The van der Waals surface area contributed by atoms with Crippen LogP contribution in [-0.2, 0) is 4.79 Å². The van der Waals surface area contributed by atoms with Crippen molar-refractivity contribution in [3.63, 3.8) is 0 Å². The highest BCUT2D eigenvalue weighted by Gasteiger charge is 2.48. The lowest BCUT2D eigenvalue weighted by molar-refractivity contribution is -0.144. The van der Waals surface area contributed by atoms with Crippen LogP contribution in [-0.4, -0.2) is 22.6 Å². The molecule has 1 aliphatic rings. The molecule has 0 spiro atoms. The average molecular weight is 362 g/mol. The Morgan fingerprint density at radius 2 is 2.10 bits per heavy atom. The van der Waals surface area contributed by atoms with Crippen molar-refractivity contribution in [3.05, 3.63) is 27.7 Å². The highest BCUT2D eigenvalue weighted by Crippen LogP contribution is 2.39. The van der Waals surface area contributed by atoms with E-state index in [9.17, 15) is 14.7 Å². The standard InChI is InChI=1S/C13H14BrClN2O3/c1-13(11(18)19,7-2-3-7)17-12(20)16-10-5-4-8(15)6-9(10)14/h4-7H,2-3H2,1H3,(H,18,19)(H2,16,17,20). The lowest BCUT2D eigenvalue weighted by atomic mass is 9.96. The van der Waals surface area contributed by atoms with Gasteiger partial charge < -0.3 is 15.7 Å². The number of benzene rings is 1. The molecule has 2 amide bonds. The third-order valence-corrected chi connectivity index (χ3v) is 4.28. The molecule has 0 radical (unpaired) electrons. The molecule has 0 saturated heterocycles. The summed E-state index contributed by atoms with van der Waals surface area (Å²) < 4.78 is 0.628. The molecule has 1 fully saturated rings. The minimum absolute atomic E-state index is 0.0144. The van der Waals surface area contributed by atoms with E-state index in [2.05, 4.69) is 26.6 Å². The molecule has 108 valence electrons. The second kappa shape index (κ2) is 5.61. The van der Waals surface area contributed by atoms with E-state index in [-0.39, 0.29) is 5.92 Å². The summed E-state index contributed by atoms with van der Waals surface area (Å²) in [6.07, 6.45) is 1.63. The van der Waals surface area contributed by atoms with Gasteiger partial charge in [0.15, 0.2) is 0 Å². The van der Waals surface area contributed by atoms with Crippen molar-refractivity contribution in [1.82, 2.24) is 5.32 Å². The van der Waals surface area contributed by atoms with Gasteiger partial charge in [-0.15, -0.1) is 0 Å². The van der Waals surface area contributed by atoms with E-state index in [4.69, 9.17) is 11.6 Å². The summed E-state index contributed by atoms with van der Waals surface area (Å²) in [6.45, 7) is 1.53. The Balaban J connectivity index is 2.06. The van der Waals surface area contributed by atoms with Gasteiger partial charge in [-0.1, -0.05) is 11.6 Å². The van der Waals surface area contributed by atoms with Gasteiger partial charge in [0, 0.05) is 9.50 Å². The SMILES string of the molecule is CC(NC(=O)Nc1ccc(Cl)cc1Br)(C(=O)O)C1CC1. The molecule has 2 rings (SSSR count). The minimum Gasteiger partial charge on any atom is -0.480 e. The zero-order chi connectivity index (χ0) is 14.9. The molecule has 1 unspecified atom stereocenters. The Labute approximate surface area is 129 Å². The van der Waals surface area contributed by atoms with Crippen LogP contribution in [0.3, 0.4) is 0 Å². The smallest absolute Gasteiger partial charge is 0.329 e. The number of carbonyl (C=O) groups is 2. The number of nitrogens with one attached hydrogen (secondary N) is 2. The second-order valence-corrected chi connectivity index (χ2v) is 6.28. The Hall–Kier alpha value is -1.27. The van der Waals surface area contributed by atoms with E-state index in [1.54, 1.807) is 18.2 Å². The van der Waals surface area contributed by atoms with Crippen LogP contribution in [0, 0.1) is 5.92 Å². The van der Waals surface area contributed by atoms with E-state index >= 15 is 0 Å². The van der Waals surface area contributed by atoms with E-state index < -0.39 is 17.5 Å². The fourth-order valence-electron chi connectivity index (χ4n) is 1.97. The maximum atomic E-state index is 12.0. The molecule has 7 heteroatoms. The van der Waals surface area contributed by atoms with Gasteiger partial charge >= 0.3 is 12.0 Å². The van der Waals surface area contributed by atoms with Gasteiger partial charge in [-0.05, 0) is 59.8 Å². The fourth-order valence-corrected chi connectivity index (χ4v) is 2.75. The number of amides is 2. The first-order chi connectivity index (χ1) is 9.33. The molecule has 0 heterocycles. The molecule has 0 aromatic heterocycles. The summed E-state index contributed by atoms with van der Waals surface area (Å²) in [7, 11) is 0. The zero-order valence-corrected chi connectivity index (χ0v) is 13.1. The van der Waals surface area contributed by atoms with Crippen LogP contribution >= 0.6 is 27.5 Å². The van der Waals surface area contributed by atoms with Crippen LogP contribution in [0.5, 0.6) is 0 Å². The van der Waals surface area contributed by atoms with Crippen LogP contribution in [0.1, 0.15) is 19.8 Å². The van der Waals surface area contributed by atoms with E-state index in [1.807, 2.05) is 0 Å². The zero-order valence-electron chi connectivity index (χ0n) is 10.7. The lowest BCUT2D eigenvalue weighted by Gasteiger charge is -2.26. The van der Waals surface area contributed by atoms with E-state index in [0.717, 1.165) is 12.8 Å². The van der Waals surface area contributed by atoms with Crippen molar-refractivity contribution < 1.29 is 14.7 Å². The third kappa shape index (κ3) is 3.24. The van der Waals surface area contributed by atoms with Gasteiger partial charge in [-0.3, -0.25) is 0 Å². The Morgan fingerprint density at radius 1 is 1.45 bits per heavy atom. The molecular formula is C13H14BrClN2O3. The average Bonchev–Trinajstić information content (AvgIpc) is 3.16. The number of carboxylic acids is 1.